The van der Waals surface area contributed by atoms with Gasteiger partial charge in [-0.1, -0.05) is 48.9 Å². The van der Waals surface area contributed by atoms with Crippen molar-refractivity contribution in [1.82, 2.24) is 4.90 Å². The summed E-state index contributed by atoms with van der Waals surface area (Å²) < 4.78 is 5.49. The highest BCUT2D eigenvalue weighted by molar-refractivity contribution is 6.31. The van der Waals surface area contributed by atoms with Crippen LogP contribution in [0.15, 0.2) is 48.5 Å². The van der Waals surface area contributed by atoms with Crippen LogP contribution in [0.1, 0.15) is 43.2 Å². The minimum atomic E-state index is -0.695. The Labute approximate surface area is 210 Å². The van der Waals surface area contributed by atoms with Crippen molar-refractivity contribution in [3.05, 3.63) is 64.7 Å². The predicted octanol–water partition coefficient (Wildman–Crippen LogP) is 3.68. The number of hydrogen-bond donors (Lipinski definition) is 3. The van der Waals surface area contributed by atoms with Crippen LogP contribution in [0, 0.1) is 5.41 Å². The lowest BCUT2D eigenvalue weighted by molar-refractivity contribution is -0.133. The number of nitrogens with one attached hydrogen (secondary N) is 1. The standard InChI is InChI=1S/C26H33ClN4O4/c1-2-18-7-9-19(10-8-18)30-25(34)35-16-13-26(11-14-31(15-12-26)22(32)17-28)23(24(29)33)20-5-3-4-6-21(20)27/h3-10,23H,2,11-17,28H2,1H3,(H2,29,33)(H,30,34). The number of ether oxygens (including phenoxy) is 1. The molecular formula is C26H33ClN4O4. The van der Waals surface area contributed by atoms with Crippen LogP contribution in [0.3, 0.4) is 0 Å². The molecule has 0 radical (unpaired) electrons. The van der Waals surface area contributed by atoms with E-state index in [-0.39, 0.29) is 19.1 Å². The second-order valence-electron chi connectivity index (χ2n) is 8.87. The lowest BCUT2D eigenvalue weighted by Crippen LogP contribution is -2.50. The first-order chi connectivity index (χ1) is 16.8. The number of likely N-dealkylation sites (tertiary alicyclic amines) is 1. The van der Waals surface area contributed by atoms with Crippen molar-refractivity contribution in [3.63, 3.8) is 0 Å². The lowest BCUT2D eigenvalue weighted by Gasteiger charge is -2.46. The third-order valence-electron chi connectivity index (χ3n) is 6.84. The van der Waals surface area contributed by atoms with Crippen molar-refractivity contribution in [2.75, 3.05) is 31.6 Å². The molecule has 8 nitrogen and oxygen atoms in total. The number of amides is 3. The Hall–Kier alpha value is -3.10. The second kappa shape index (κ2) is 12.0. The zero-order valence-electron chi connectivity index (χ0n) is 20.0. The van der Waals surface area contributed by atoms with E-state index in [0.29, 0.717) is 48.6 Å². The van der Waals surface area contributed by atoms with Crippen LogP contribution >= 0.6 is 11.6 Å². The number of nitrogens with two attached hydrogens (primary N) is 2. The largest absolute Gasteiger partial charge is 0.449 e. The van der Waals surface area contributed by atoms with Gasteiger partial charge in [0.1, 0.15) is 0 Å². The van der Waals surface area contributed by atoms with Gasteiger partial charge in [-0.3, -0.25) is 14.9 Å². The molecule has 1 heterocycles. The number of primary amides is 1. The molecule has 9 heteroatoms. The van der Waals surface area contributed by atoms with E-state index in [1.165, 1.54) is 5.56 Å². The summed E-state index contributed by atoms with van der Waals surface area (Å²) in [6, 6.07) is 14.7. The first kappa shape index (κ1) is 26.5. The molecule has 35 heavy (non-hydrogen) atoms. The number of halogens is 1. The fourth-order valence-corrected chi connectivity index (χ4v) is 5.08. The first-order valence-corrected chi connectivity index (χ1v) is 12.2. The van der Waals surface area contributed by atoms with Gasteiger partial charge in [-0.15, -0.1) is 0 Å². The van der Waals surface area contributed by atoms with Gasteiger partial charge in [0.2, 0.25) is 11.8 Å². The van der Waals surface area contributed by atoms with E-state index in [9.17, 15) is 14.4 Å². The first-order valence-electron chi connectivity index (χ1n) is 11.8. The Bertz CT molecular complexity index is 1040. The van der Waals surface area contributed by atoms with Crippen molar-refractivity contribution >= 4 is 35.2 Å². The van der Waals surface area contributed by atoms with Gasteiger partial charge in [0.15, 0.2) is 0 Å². The van der Waals surface area contributed by atoms with Gasteiger partial charge in [0, 0.05) is 23.8 Å². The van der Waals surface area contributed by atoms with Crippen LogP contribution in [0.2, 0.25) is 5.02 Å². The number of nitrogens with zero attached hydrogens (tertiary/aromatic N) is 1. The molecule has 3 amide bonds. The minimum Gasteiger partial charge on any atom is -0.449 e. The summed E-state index contributed by atoms with van der Waals surface area (Å²) in [6.45, 7) is 2.93. The van der Waals surface area contributed by atoms with E-state index in [4.69, 9.17) is 27.8 Å². The summed E-state index contributed by atoms with van der Waals surface area (Å²) in [6.07, 6.45) is 1.72. The molecule has 2 aromatic carbocycles. The van der Waals surface area contributed by atoms with Crippen LogP contribution in [-0.2, 0) is 20.7 Å². The second-order valence-corrected chi connectivity index (χ2v) is 9.27. The van der Waals surface area contributed by atoms with Crippen molar-refractivity contribution in [3.8, 4) is 0 Å². The molecule has 0 aromatic heterocycles. The summed E-state index contributed by atoms with van der Waals surface area (Å²) in [5, 5.41) is 3.17. The SMILES string of the molecule is CCc1ccc(NC(=O)OCCC2(C(C(N)=O)c3ccccc3Cl)CCN(C(=O)CN)CC2)cc1. The zero-order valence-corrected chi connectivity index (χ0v) is 20.7. The summed E-state index contributed by atoms with van der Waals surface area (Å²) >= 11 is 6.46. The number of carbonyl (C=O) groups excluding carboxylic acids is 3. The number of piperidine rings is 1. The van der Waals surface area contributed by atoms with Crippen molar-refractivity contribution < 1.29 is 19.1 Å². The van der Waals surface area contributed by atoms with Gasteiger partial charge >= 0.3 is 6.09 Å². The molecule has 5 N–H and O–H groups in total. The number of anilines is 1. The predicted molar refractivity (Wildman–Crippen MR) is 136 cm³/mol. The highest BCUT2D eigenvalue weighted by Gasteiger charge is 2.46. The molecule has 1 atom stereocenters. The maximum atomic E-state index is 12.8. The third-order valence-corrected chi connectivity index (χ3v) is 7.19. The molecule has 188 valence electrons. The van der Waals surface area contributed by atoms with Crippen molar-refractivity contribution in [1.29, 1.82) is 0 Å². The molecule has 2 aromatic rings. The van der Waals surface area contributed by atoms with Crippen LogP contribution < -0.4 is 16.8 Å². The van der Waals surface area contributed by atoms with Gasteiger partial charge in [-0.25, -0.2) is 4.79 Å². The number of aryl methyl sites for hydroxylation is 1. The molecule has 1 aliphatic rings. The molecule has 1 saturated heterocycles. The average Bonchev–Trinajstić information content (AvgIpc) is 2.85. The molecule has 0 aliphatic carbocycles. The maximum Gasteiger partial charge on any atom is 0.411 e. The smallest absolute Gasteiger partial charge is 0.411 e. The molecule has 0 spiro atoms. The van der Waals surface area contributed by atoms with Crippen LogP contribution in [0.4, 0.5) is 10.5 Å². The van der Waals surface area contributed by atoms with Crippen LogP contribution in [0.5, 0.6) is 0 Å². The normalized spacial score (nSPS) is 15.8. The Morgan fingerprint density at radius 1 is 1.11 bits per heavy atom. The van der Waals surface area contributed by atoms with Crippen molar-refractivity contribution in [2.45, 2.75) is 38.5 Å². The van der Waals surface area contributed by atoms with E-state index < -0.39 is 23.3 Å². The minimum absolute atomic E-state index is 0.0702. The van der Waals surface area contributed by atoms with Gasteiger partial charge in [-0.2, -0.15) is 0 Å². The molecule has 0 bridgehead atoms. The quantitative estimate of drug-likeness (QED) is 0.484. The molecule has 0 saturated carbocycles. The summed E-state index contributed by atoms with van der Waals surface area (Å²) in [5.41, 5.74) is 13.3. The Balaban J connectivity index is 1.75. The van der Waals surface area contributed by atoms with Gasteiger partial charge in [-0.05, 0) is 60.4 Å². The van der Waals surface area contributed by atoms with Gasteiger partial charge in [0.05, 0.1) is 19.1 Å². The topological polar surface area (TPSA) is 128 Å². The average molecular weight is 501 g/mol. The highest BCUT2D eigenvalue weighted by atomic mass is 35.5. The van der Waals surface area contributed by atoms with E-state index >= 15 is 0 Å². The fourth-order valence-electron chi connectivity index (χ4n) is 4.83. The lowest BCUT2D eigenvalue weighted by atomic mass is 9.64. The molecule has 1 fully saturated rings. The van der Waals surface area contributed by atoms with E-state index in [2.05, 4.69) is 12.2 Å². The Morgan fingerprint density at radius 3 is 2.34 bits per heavy atom. The fraction of sp³-hybridized carbons (Fsp3) is 0.423. The van der Waals surface area contributed by atoms with E-state index in [1.807, 2.05) is 30.3 Å². The summed E-state index contributed by atoms with van der Waals surface area (Å²) in [7, 11) is 0. The van der Waals surface area contributed by atoms with Crippen LogP contribution in [0.25, 0.3) is 0 Å². The Kier molecular flexibility index (Phi) is 9.12. The number of rotatable bonds is 9. The number of benzene rings is 2. The van der Waals surface area contributed by atoms with Gasteiger partial charge in [0.25, 0.3) is 0 Å². The highest BCUT2D eigenvalue weighted by Crippen LogP contribution is 2.48. The summed E-state index contributed by atoms with van der Waals surface area (Å²) in [5.74, 6) is -1.34. The number of carbonyl (C=O) groups is 3. The molecule has 1 unspecified atom stereocenters. The monoisotopic (exact) mass is 500 g/mol. The van der Waals surface area contributed by atoms with Crippen molar-refractivity contribution in [2.24, 2.45) is 16.9 Å². The zero-order chi connectivity index (χ0) is 25.4. The number of hydrogen-bond acceptors (Lipinski definition) is 5. The molecule has 1 aliphatic heterocycles. The molecule has 3 rings (SSSR count). The third kappa shape index (κ3) is 6.52. The van der Waals surface area contributed by atoms with Gasteiger partial charge < -0.3 is 21.1 Å². The van der Waals surface area contributed by atoms with E-state index in [1.54, 1.807) is 23.1 Å². The summed E-state index contributed by atoms with van der Waals surface area (Å²) in [4.78, 5) is 39.0. The van der Waals surface area contributed by atoms with Crippen LogP contribution in [-0.4, -0.2) is 49.0 Å². The maximum absolute atomic E-state index is 12.8. The molecular weight excluding hydrogens is 468 g/mol. The van der Waals surface area contributed by atoms with E-state index in [0.717, 1.165) is 6.42 Å². The Morgan fingerprint density at radius 2 is 1.77 bits per heavy atom.